The smallest absolute Gasteiger partial charge is 0.744 e. The van der Waals surface area contributed by atoms with Crippen LogP contribution in [0, 0.1) is 0 Å². The summed E-state index contributed by atoms with van der Waals surface area (Å²) in [5.74, 6) is 0. The topological polar surface area (TPSA) is 105 Å². The van der Waals surface area contributed by atoms with Crippen molar-refractivity contribution in [1.29, 1.82) is 0 Å². The molecule has 2 aliphatic heterocycles. The van der Waals surface area contributed by atoms with E-state index in [1.54, 1.807) is 6.07 Å². The van der Waals surface area contributed by atoms with Gasteiger partial charge in [-0.25, -0.2) is 8.42 Å². The first-order valence-electron chi connectivity index (χ1n) is 16.7. The molecule has 0 fully saturated rings. The number of fused-ring (bicyclic) bond motifs is 6. The minimum Gasteiger partial charge on any atom is -0.744 e. The van der Waals surface area contributed by atoms with Gasteiger partial charge >= 0.3 is 59.1 Å². The molecule has 2 heterocycles. The van der Waals surface area contributed by atoms with Crippen LogP contribution in [0.5, 0.6) is 0 Å². The van der Waals surface area contributed by atoms with Crippen molar-refractivity contribution in [3.05, 3.63) is 118 Å². The van der Waals surface area contributed by atoms with Gasteiger partial charge in [-0.05, 0) is 114 Å². The van der Waals surface area contributed by atoms with Crippen LogP contribution in [0.1, 0.15) is 58.1 Å². The van der Waals surface area contributed by atoms with Crippen LogP contribution >= 0.6 is 23.6 Å². The summed E-state index contributed by atoms with van der Waals surface area (Å²) in [6, 6.07) is 18.7. The first-order valence-corrected chi connectivity index (χ1v) is 19.2. The van der Waals surface area contributed by atoms with Crippen molar-refractivity contribution in [2.45, 2.75) is 67.6 Å². The Bertz CT molecular complexity index is 2420. The molecular formula is C40H38ClN2Na2O6S2+. The zero-order chi connectivity index (χ0) is 36.5. The van der Waals surface area contributed by atoms with E-state index in [-0.39, 0.29) is 74.8 Å². The Kier molecular flexibility index (Phi) is 12.8. The SMILES string of the molecule is CN1/C(=C\C=C2/CCCC(/C=C/C3=[N+](C)c4ccc5cc(S(=O)(=O)[O-])ccc5c4C3(C)C)=C2Cl)C(C)(C)c2c1ccc1cc(SOO[O-])ccc21.[Na+].[Na+]. The Morgan fingerprint density at radius 3 is 2.28 bits per heavy atom. The van der Waals surface area contributed by atoms with Gasteiger partial charge in [-0.3, -0.25) is 5.04 Å². The van der Waals surface area contributed by atoms with Crippen LogP contribution in [0.15, 0.2) is 117 Å². The number of rotatable bonds is 7. The van der Waals surface area contributed by atoms with Gasteiger partial charge in [-0.15, -0.1) is 0 Å². The summed E-state index contributed by atoms with van der Waals surface area (Å²) in [5, 5.41) is 18.5. The van der Waals surface area contributed by atoms with E-state index >= 15 is 0 Å². The number of benzene rings is 4. The summed E-state index contributed by atoms with van der Waals surface area (Å²) in [5.41, 5.74) is 8.30. The van der Waals surface area contributed by atoms with Gasteiger partial charge in [0.25, 0.3) is 0 Å². The van der Waals surface area contributed by atoms with E-state index in [9.17, 15) is 18.2 Å². The molecule has 0 spiro atoms. The normalized spacial score (nSPS) is 19.4. The average Bonchev–Trinajstić information content (AvgIpc) is 3.41. The van der Waals surface area contributed by atoms with Gasteiger partial charge in [0.1, 0.15) is 17.2 Å². The predicted molar refractivity (Wildman–Crippen MR) is 201 cm³/mol. The first kappa shape index (κ1) is 42.4. The minimum atomic E-state index is -4.55. The van der Waals surface area contributed by atoms with E-state index < -0.39 is 10.1 Å². The molecule has 3 aliphatic rings. The van der Waals surface area contributed by atoms with E-state index in [0.717, 1.165) is 96.6 Å². The van der Waals surface area contributed by atoms with Crippen molar-refractivity contribution in [3.8, 4) is 0 Å². The van der Waals surface area contributed by atoms with Crippen molar-refractivity contribution < 1.29 is 91.3 Å². The molecule has 1 aliphatic carbocycles. The number of likely N-dealkylation sites (N-methyl/N-ethyl adjacent to an activating group) is 1. The Labute approximate surface area is 364 Å². The fourth-order valence-corrected chi connectivity index (χ4v) is 9.51. The van der Waals surface area contributed by atoms with Gasteiger partial charge in [-0.1, -0.05) is 55.8 Å². The molecule has 0 radical (unpaired) electrons. The number of hydrogen-bond acceptors (Lipinski definition) is 8. The van der Waals surface area contributed by atoms with Gasteiger partial charge in [0.05, 0.1) is 22.4 Å². The molecule has 4 aromatic rings. The number of nitrogens with zero attached hydrogens (tertiary/aromatic N) is 2. The fourth-order valence-electron chi connectivity index (χ4n) is 8.29. The molecular weight excluding hydrogens is 750 g/mol. The van der Waals surface area contributed by atoms with Crippen LogP contribution in [0.2, 0.25) is 0 Å². The van der Waals surface area contributed by atoms with Crippen molar-refractivity contribution in [2.24, 2.45) is 0 Å². The molecule has 0 amide bonds. The Hall–Kier alpha value is -1.74. The summed E-state index contributed by atoms with van der Waals surface area (Å²) in [6.07, 6.45) is 11.4. The molecule has 264 valence electrons. The molecule has 0 saturated carbocycles. The van der Waals surface area contributed by atoms with Gasteiger partial charge in [0.2, 0.25) is 5.69 Å². The second kappa shape index (κ2) is 16.0. The van der Waals surface area contributed by atoms with E-state index in [2.05, 4.69) is 96.1 Å². The van der Waals surface area contributed by atoms with Crippen molar-refractivity contribution >= 4 is 72.4 Å². The van der Waals surface area contributed by atoms with E-state index in [0.29, 0.717) is 0 Å². The molecule has 4 aromatic carbocycles. The fraction of sp³-hybridized carbons (Fsp3) is 0.275. The van der Waals surface area contributed by atoms with Crippen LogP contribution in [-0.4, -0.2) is 37.4 Å². The largest absolute Gasteiger partial charge is 1.00 e. The molecule has 0 N–H and O–H groups in total. The van der Waals surface area contributed by atoms with Crippen LogP contribution in [0.4, 0.5) is 11.4 Å². The Balaban J connectivity index is 0.00000271. The third kappa shape index (κ3) is 7.58. The maximum atomic E-state index is 11.7. The summed E-state index contributed by atoms with van der Waals surface area (Å²) in [7, 11) is -0.408. The van der Waals surface area contributed by atoms with Gasteiger partial charge in [0, 0.05) is 51.5 Å². The van der Waals surface area contributed by atoms with Crippen molar-refractivity contribution in [1.82, 2.24) is 0 Å². The summed E-state index contributed by atoms with van der Waals surface area (Å²) < 4.78 is 41.8. The van der Waals surface area contributed by atoms with Crippen LogP contribution in [0.3, 0.4) is 0 Å². The minimum absolute atomic E-state index is 0. The third-order valence-electron chi connectivity index (χ3n) is 10.7. The predicted octanol–water partition coefficient (Wildman–Crippen LogP) is 2.61. The van der Waals surface area contributed by atoms with Crippen molar-refractivity contribution in [2.75, 3.05) is 19.0 Å². The summed E-state index contributed by atoms with van der Waals surface area (Å²) >= 11 is 8.04. The van der Waals surface area contributed by atoms with E-state index in [1.807, 2.05) is 31.3 Å². The second-order valence-electron chi connectivity index (χ2n) is 14.4. The van der Waals surface area contributed by atoms with E-state index in [4.69, 9.17) is 11.6 Å². The van der Waals surface area contributed by atoms with Crippen LogP contribution in [-0.2, 0) is 30.3 Å². The van der Waals surface area contributed by atoms with Gasteiger partial charge in [-0.2, -0.15) is 8.91 Å². The maximum absolute atomic E-state index is 11.7. The maximum Gasteiger partial charge on any atom is 1.00 e. The monoisotopic (exact) mass is 787 g/mol. The average molecular weight is 788 g/mol. The molecule has 53 heavy (non-hydrogen) atoms. The van der Waals surface area contributed by atoms with Gasteiger partial charge < -0.3 is 14.7 Å². The molecule has 0 atom stereocenters. The molecule has 0 bridgehead atoms. The summed E-state index contributed by atoms with van der Waals surface area (Å²) in [6.45, 7) is 8.81. The first-order chi connectivity index (χ1) is 24.1. The number of hydrogen-bond donors (Lipinski definition) is 0. The zero-order valence-electron chi connectivity index (χ0n) is 31.2. The molecule has 8 nitrogen and oxygen atoms in total. The summed E-state index contributed by atoms with van der Waals surface area (Å²) in [4.78, 5) is 2.80. The molecule has 7 rings (SSSR count). The van der Waals surface area contributed by atoms with E-state index in [1.165, 1.54) is 23.4 Å². The molecule has 0 unspecified atom stereocenters. The Morgan fingerprint density at radius 2 is 1.57 bits per heavy atom. The quantitative estimate of drug-likeness (QED) is 0.0704. The van der Waals surface area contributed by atoms with Gasteiger partial charge in [0.15, 0.2) is 5.71 Å². The van der Waals surface area contributed by atoms with Crippen LogP contribution in [0.25, 0.3) is 21.5 Å². The Morgan fingerprint density at radius 1 is 0.887 bits per heavy atom. The number of allylic oxidation sites excluding steroid dienone is 8. The number of halogens is 1. The molecule has 0 aromatic heterocycles. The zero-order valence-corrected chi connectivity index (χ0v) is 37.6. The second-order valence-corrected chi connectivity index (χ2v) is 16.9. The molecule has 0 saturated heterocycles. The standard InChI is InChI=1S/C40H39ClN2O6S2.2Na/c1-39(2)34(42(5)32-18-10-26-22-28(50-49-48-44)14-16-30(26)36(32)39)20-12-24-8-7-9-25(38(24)41)13-21-35-40(3,4)37-31-17-15-29(51(45,46)47)23-27(31)11-19-33(37)43(35)6;;/h10-23H,7-9H2,1-6H3,(H-,44,45,46,47);;/q;2*+1/p-1. The molecule has 13 heteroatoms. The van der Waals surface area contributed by atoms with Crippen LogP contribution < -0.4 is 69.3 Å². The third-order valence-corrected chi connectivity index (χ3v) is 12.6. The number of anilines is 1. The van der Waals surface area contributed by atoms with Crippen molar-refractivity contribution in [3.63, 3.8) is 0 Å².